The van der Waals surface area contributed by atoms with Gasteiger partial charge in [-0.3, -0.25) is 14.5 Å². The molecular weight excluding hydrogens is 200 g/mol. The van der Waals surface area contributed by atoms with Crippen LogP contribution in [0.3, 0.4) is 0 Å². The molecule has 86 valence electrons. The van der Waals surface area contributed by atoms with Gasteiger partial charge in [0.05, 0.1) is 12.6 Å². The monoisotopic (exact) mass is 216 g/mol. The van der Waals surface area contributed by atoms with Crippen LogP contribution in [0.4, 0.5) is 0 Å². The zero-order valence-corrected chi connectivity index (χ0v) is 8.48. The summed E-state index contributed by atoms with van der Waals surface area (Å²) < 4.78 is 0. The van der Waals surface area contributed by atoms with Crippen LogP contribution in [0.2, 0.25) is 0 Å². The number of likely N-dealkylation sites (tertiary alicyclic amines) is 1. The zero-order valence-electron chi connectivity index (χ0n) is 8.48. The molecule has 1 aliphatic heterocycles. The first-order chi connectivity index (χ1) is 7.08. The Hall–Kier alpha value is -1.14. The Labute approximate surface area is 87.9 Å². The lowest BCUT2D eigenvalue weighted by Crippen LogP contribution is -2.43. The summed E-state index contributed by atoms with van der Waals surface area (Å²) in [6.07, 6.45) is 1.08. The molecule has 0 spiro atoms. The van der Waals surface area contributed by atoms with Gasteiger partial charge in [-0.15, -0.1) is 0 Å². The highest BCUT2D eigenvalue weighted by atomic mass is 16.4. The number of piperidine rings is 1. The van der Waals surface area contributed by atoms with Gasteiger partial charge in [-0.05, 0) is 12.8 Å². The van der Waals surface area contributed by atoms with Gasteiger partial charge in [0.2, 0.25) is 5.91 Å². The number of aliphatic carboxylic acids is 1. The summed E-state index contributed by atoms with van der Waals surface area (Å²) in [4.78, 5) is 23.3. The number of amides is 1. The molecule has 1 amide bonds. The zero-order chi connectivity index (χ0) is 11.3. The minimum absolute atomic E-state index is 0.208. The summed E-state index contributed by atoms with van der Waals surface area (Å²) in [6.45, 7) is 1.23. The molecule has 1 rings (SSSR count). The van der Waals surface area contributed by atoms with Crippen LogP contribution in [0, 0.1) is 0 Å². The topological polar surface area (TPSA) is 89.9 Å². The van der Waals surface area contributed by atoms with Crippen molar-refractivity contribution in [1.82, 2.24) is 10.2 Å². The maximum atomic E-state index is 11.2. The number of carbonyl (C=O) groups is 2. The first-order valence-corrected chi connectivity index (χ1v) is 4.97. The lowest BCUT2D eigenvalue weighted by Gasteiger charge is -2.28. The number of rotatable bonds is 4. The summed E-state index contributed by atoms with van der Waals surface area (Å²) >= 11 is 0. The van der Waals surface area contributed by atoms with Crippen molar-refractivity contribution in [2.75, 3.05) is 26.2 Å². The van der Waals surface area contributed by atoms with Crippen molar-refractivity contribution in [2.24, 2.45) is 0 Å². The molecule has 6 nitrogen and oxygen atoms in total. The highest BCUT2D eigenvalue weighted by molar-refractivity contribution is 5.82. The number of carboxylic acids is 1. The van der Waals surface area contributed by atoms with E-state index in [0.29, 0.717) is 25.9 Å². The third kappa shape index (κ3) is 4.75. The molecule has 0 bridgehead atoms. The maximum absolute atomic E-state index is 11.2. The van der Waals surface area contributed by atoms with E-state index in [2.05, 4.69) is 5.32 Å². The minimum atomic E-state index is -1.04. The normalized spacial score (nSPS) is 18.7. The van der Waals surface area contributed by atoms with Crippen LogP contribution >= 0.6 is 0 Å². The molecule has 0 radical (unpaired) electrons. The second-order valence-electron chi connectivity index (χ2n) is 3.68. The van der Waals surface area contributed by atoms with Crippen molar-refractivity contribution in [3.8, 4) is 0 Å². The molecule has 15 heavy (non-hydrogen) atoms. The molecule has 0 aliphatic carbocycles. The third-order valence-corrected chi connectivity index (χ3v) is 2.36. The van der Waals surface area contributed by atoms with Crippen molar-refractivity contribution in [2.45, 2.75) is 18.9 Å². The molecule has 0 unspecified atom stereocenters. The van der Waals surface area contributed by atoms with E-state index in [1.54, 1.807) is 0 Å². The number of carboxylic acid groups (broad SMARTS) is 1. The molecule has 1 saturated heterocycles. The maximum Gasteiger partial charge on any atom is 0.322 e. The number of aliphatic hydroxyl groups is 1. The summed E-state index contributed by atoms with van der Waals surface area (Å²) in [6, 6.07) is 0. The lowest BCUT2D eigenvalue weighted by atomic mass is 10.1. The first-order valence-electron chi connectivity index (χ1n) is 4.97. The van der Waals surface area contributed by atoms with Crippen molar-refractivity contribution >= 4 is 11.9 Å². The highest BCUT2D eigenvalue weighted by Gasteiger charge is 2.18. The fourth-order valence-electron chi connectivity index (χ4n) is 1.51. The summed E-state index contributed by atoms with van der Waals surface area (Å²) in [5.74, 6) is -1.33. The van der Waals surface area contributed by atoms with Crippen LogP contribution < -0.4 is 5.32 Å². The third-order valence-electron chi connectivity index (χ3n) is 2.36. The van der Waals surface area contributed by atoms with Gasteiger partial charge in [0.1, 0.15) is 6.54 Å². The summed E-state index contributed by atoms with van der Waals surface area (Å²) in [7, 11) is 0. The molecule has 0 aromatic heterocycles. The van der Waals surface area contributed by atoms with Crippen molar-refractivity contribution < 1.29 is 19.8 Å². The van der Waals surface area contributed by atoms with Crippen LogP contribution in [0.5, 0.6) is 0 Å². The Morgan fingerprint density at radius 3 is 2.47 bits per heavy atom. The number of hydrogen-bond donors (Lipinski definition) is 3. The predicted octanol–water partition coefficient (Wildman–Crippen LogP) is -1.36. The molecule has 3 N–H and O–H groups in total. The van der Waals surface area contributed by atoms with Gasteiger partial charge in [0.25, 0.3) is 0 Å². The van der Waals surface area contributed by atoms with Crippen LogP contribution in [-0.2, 0) is 9.59 Å². The molecule has 1 aliphatic rings. The fourth-order valence-corrected chi connectivity index (χ4v) is 1.51. The van der Waals surface area contributed by atoms with Crippen molar-refractivity contribution in [3.63, 3.8) is 0 Å². The van der Waals surface area contributed by atoms with E-state index in [-0.39, 0.29) is 25.1 Å². The van der Waals surface area contributed by atoms with Gasteiger partial charge in [-0.2, -0.15) is 0 Å². The number of nitrogens with one attached hydrogen (secondary N) is 1. The quantitative estimate of drug-likeness (QED) is 0.540. The smallest absolute Gasteiger partial charge is 0.322 e. The average Bonchev–Trinajstić information content (AvgIpc) is 2.19. The molecule has 1 heterocycles. The number of nitrogens with zero attached hydrogens (tertiary/aromatic N) is 1. The molecule has 0 saturated carbocycles. The Morgan fingerprint density at radius 2 is 1.93 bits per heavy atom. The van der Waals surface area contributed by atoms with Crippen molar-refractivity contribution in [3.05, 3.63) is 0 Å². The molecule has 0 atom stereocenters. The SMILES string of the molecule is O=C(O)CNC(=O)CN1CCC(O)CC1. The minimum Gasteiger partial charge on any atom is -0.480 e. The number of hydrogen-bond acceptors (Lipinski definition) is 4. The van der Waals surface area contributed by atoms with Crippen LogP contribution in [0.1, 0.15) is 12.8 Å². The number of aliphatic hydroxyl groups excluding tert-OH is 1. The summed E-state index contributed by atoms with van der Waals surface area (Å²) in [5.41, 5.74) is 0. The van der Waals surface area contributed by atoms with E-state index in [9.17, 15) is 14.7 Å². The second kappa shape index (κ2) is 5.67. The van der Waals surface area contributed by atoms with Crippen LogP contribution in [0.15, 0.2) is 0 Å². The van der Waals surface area contributed by atoms with Gasteiger partial charge in [0.15, 0.2) is 0 Å². The molecule has 0 aromatic rings. The van der Waals surface area contributed by atoms with Crippen LogP contribution in [-0.4, -0.2) is 59.3 Å². The van der Waals surface area contributed by atoms with E-state index in [0.717, 1.165) is 0 Å². The van der Waals surface area contributed by atoms with E-state index in [1.807, 2.05) is 4.90 Å². The Kier molecular flexibility index (Phi) is 4.51. The van der Waals surface area contributed by atoms with Gasteiger partial charge in [-0.25, -0.2) is 0 Å². The predicted molar refractivity (Wildman–Crippen MR) is 52.3 cm³/mol. The lowest BCUT2D eigenvalue weighted by molar-refractivity contribution is -0.138. The van der Waals surface area contributed by atoms with Gasteiger partial charge < -0.3 is 15.5 Å². The standard InChI is InChI=1S/C9H16N2O4/c12-7-1-3-11(4-2-7)6-8(13)10-5-9(14)15/h7,12H,1-6H2,(H,10,13)(H,14,15). The van der Waals surface area contributed by atoms with E-state index >= 15 is 0 Å². The van der Waals surface area contributed by atoms with Crippen molar-refractivity contribution in [1.29, 1.82) is 0 Å². The van der Waals surface area contributed by atoms with Crippen LogP contribution in [0.25, 0.3) is 0 Å². The first kappa shape index (κ1) is 11.9. The van der Waals surface area contributed by atoms with Gasteiger partial charge in [0, 0.05) is 13.1 Å². The fraction of sp³-hybridized carbons (Fsp3) is 0.778. The average molecular weight is 216 g/mol. The van der Waals surface area contributed by atoms with E-state index in [1.165, 1.54) is 0 Å². The Balaban J connectivity index is 2.17. The molecule has 6 heteroatoms. The summed E-state index contributed by atoms with van der Waals surface area (Å²) in [5, 5.41) is 19.9. The highest BCUT2D eigenvalue weighted by Crippen LogP contribution is 2.08. The second-order valence-corrected chi connectivity index (χ2v) is 3.68. The van der Waals surface area contributed by atoms with E-state index < -0.39 is 5.97 Å². The van der Waals surface area contributed by atoms with Gasteiger partial charge >= 0.3 is 5.97 Å². The largest absolute Gasteiger partial charge is 0.480 e. The van der Waals surface area contributed by atoms with Gasteiger partial charge in [-0.1, -0.05) is 0 Å². The molecule has 0 aromatic carbocycles. The van der Waals surface area contributed by atoms with E-state index in [4.69, 9.17) is 5.11 Å². The Bertz CT molecular complexity index is 236. The number of carbonyl (C=O) groups excluding carboxylic acids is 1. The Morgan fingerprint density at radius 1 is 1.33 bits per heavy atom. The molecular formula is C9H16N2O4. The molecule has 1 fully saturated rings.